The number of ether oxygens (including phenoxy) is 1. The lowest BCUT2D eigenvalue weighted by Gasteiger charge is -2.20. The molecule has 0 aromatic carbocycles. The van der Waals surface area contributed by atoms with Crippen LogP contribution in [-0.4, -0.2) is 48.6 Å². The van der Waals surface area contributed by atoms with Crippen molar-refractivity contribution in [1.82, 2.24) is 9.88 Å². The molecule has 1 heterocycles. The van der Waals surface area contributed by atoms with Gasteiger partial charge in [0.25, 0.3) is 0 Å². The van der Waals surface area contributed by atoms with E-state index >= 15 is 0 Å². The Kier molecular flexibility index (Phi) is 6.32. The highest BCUT2D eigenvalue weighted by molar-refractivity contribution is 5.75. The molecule has 0 bridgehead atoms. The Hall–Kier alpha value is -1.46. The van der Waals surface area contributed by atoms with Crippen LogP contribution in [0.2, 0.25) is 0 Å². The number of rotatable bonds is 7. The third kappa shape index (κ3) is 5.25. The molecule has 0 amide bonds. The third-order valence-electron chi connectivity index (χ3n) is 2.63. The van der Waals surface area contributed by atoms with Gasteiger partial charge in [-0.1, -0.05) is 0 Å². The lowest BCUT2D eigenvalue weighted by atomic mass is 10.2. The predicted molar refractivity (Wildman–Crippen MR) is 70.0 cm³/mol. The van der Waals surface area contributed by atoms with E-state index in [0.717, 1.165) is 13.0 Å². The molecule has 0 saturated carbocycles. The monoisotopic (exact) mass is 251 g/mol. The summed E-state index contributed by atoms with van der Waals surface area (Å²) < 4.78 is 4.87. The fourth-order valence-corrected chi connectivity index (χ4v) is 1.62. The minimum Gasteiger partial charge on any atom is -0.465 e. The molecule has 0 aliphatic carbocycles. The SMILES string of the molecule is CCOC(=O)C(N)CN(C)CCc1ccncc1. The van der Waals surface area contributed by atoms with Gasteiger partial charge in [0.15, 0.2) is 0 Å². The normalized spacial score (nSPS) is 12.4. The van der Waals surface area contributed by atoms with E-state index in [1.54, 1.807) is 19.3 Å². The Morgan fingerprint density at radius 2 is 2.17 bits per heavy atom. The molecular formula is C13H21N3O2. The standard InChI is InChI=1S/C13H21N3O2/c1-3-18-13(17)12(14)10-16(2)9-6-11-4-7-15-8-5-11/h4-5,7-8,12H,3,6,9-10,14H2,1-2H3. The molecule has 0 aliphatic heterocycles. The zero-order chi connectivity index (χ0) is 13.4. The van der Waals surface area contributed by atoms with E-state index in [1.807, 2.05) is 24.1 Å². The minimum atomic E-state index is -0.576. The maximum Gasteiger partial charge on any atom is 0.324 e. The van der Waals surface area contributed by atoms with Crippen LogP contribution in [-0.2, 0) is 16.0 Å². The molecule has 0 aliphatic rings. The Balaban J connectivity index is 2.29. The Morgan fingerprint density at radius 3 is 2.78 bits per heavy atom. The van der Waals surface area contributed by atoms with Gasteiger partial charge >= 0.3 is 5.97 Å². The van der Waals surface area contributed by atoms with Crippen molar-refractivity contribution in [3.05, 3.63) is 30.1 Å². The van der Waals surface area contributed by atoms with Crippen molar-refractivity contribution in [3.63, 3.8) is 0 Å². The molecule has 1 aromatic rings. The van der Waals surface area contributed by atoms with Gasteiger partial charge in [0.05, 0.1) is 6.61 Å². The van der Waals surface area contributed by atoms with Gasteiger partial charge in [-0.2, -0.15) is 0 Å². The zero-order valence-electron chi connectivity index (χ0n) is 11.0. The maximum absolute atomic E-state index is 11.4. The van der Waals surface area contributed by atoms with E-state index in [9.17, 15) is 4.79 Å². The number of esters is 1. The number of pyridine rings is 1. The summed E-state index contributed by atoms with van der Waals surface area (Å²) in [7, 11) is 1.94. The molecule has 5 nitrogen and oxygen atoms in total. The molecule has 5 heteroatoms. The maximum atomic E-state index is 11.4. The van der Waals surface area contributed by atoms with Gasteiger partial charge in [-0.25, -0.2) is 0 Å². The summed E-state index contributed by atoms with van der Waals surface area (Å²) >= 11 is 0. The highest BCUT2D eigenvalue weighted by atomic mass is 16.5. The van der Waals surface area contributed by atoms with E-state index < -0.39 is 6.04 Å². The molecular weight excluding hydrogens is 230 g/mol. The molecule has 18 heavy (non-hydrogen) atoms. The fourth-order valence-electron chi connectivity index (χ4n) is 1.62. The summed E-state index contributed by atoms with van der Waals surface area (Å²) in [5.41, 5.74) is 6.97. The smallest absolute Gasteiger partial charge is 0.324 e. The number of carbonyl (C=O) groups is 1. The first kappa shape index (κ1) is 14.6. The van der Waals surface area contributed by atoms with Crippen molar-refractivity contribution in [1.29, 1.82) is 0 Å². The van der Waals surface area contributed by atoms with Crippen LogP contribution in [0.3, 0.4) is 0 Å². The molecule has 0 radical (unpaired) electrons. The topological polar surface area (TPSA) is 68.5 Å². The highest BCUT2D eigenvalue weighted by Crippen LogP contribution is 1.99. The molecule has 1 rings (SSSR count). The molecule has 1 unspecified atom stereocenters. The first-order chi connectivity index (χ1) is 8.63. The summed E-state index contributed by atoms with van der Waals surface area (Å²) in [6.07, 6.45) is 4.47. The number of nitrogens with zero attached hydrogens (tertiary/aromatic N) is 2. The molecule has 100 valence electrons. The van der Waals surface area contributed by atoms with E-state index in [0.29, 0.717) is 13.2 Å². The summed E-state index contributed by atoms with van der Waals surface area (Å²) in [5, 5.41) is 0. The minimum absolute atomic E-state index is 0.340. The Bertz CT molecular complexity index is 357. The number of nitrogens with two attached hydrogens (primary N) is 1. The summed E-state index contributed by atoms with van der Waals surface area (Å²) in [6, 6.07) is 3.39. The van der Waals surface area contributed by atoms with Crippen molar-refractivity contribution >= 4 is 5.97 Å². The molecule has 0 saturated heterocycles. The number of likely N-dealkylation sites (N-methyl/N-ethyl adjacent to an activating group) is 1. The van der Waals surface area contributed by atoms with Gasteiger partial charge in [0.1, 0.15) is 6.04 Å². The van der Waals surface area contributed by atoms with Gasteiger partial charge in [-0.05, 0) is 38.1 Å². The Morgan fingerprint density at radius 1 is 1.50 bits per heavy atom. The first-order valence-electron chi connectivity index (χ1n) is 6.13. The highest BCUT2D eigenvalue weighted by Gasteiger charge is 2.16. The second-order valence-electron chi connectivity index (χ2n) is 4.23. The lowest BCUT2D eigenvalue weighted by molar-refractivity contribution is -0.145. The average molecular weight is 251 g/mol. The summed E-state index contributed by atoms with van der Waals surface area (Å²) in [4.78, 5) is 17.4. The Labute approximate surface area is 108 Å². The number of aromatic nitrogens is 1. The molecule has 1 atom stereocenters. The van der Waals surface area contributed by atoms with Gasteiger partial charge in [-0.15, -0.1) is 0 Å². The average Bonchev–Trinajstić information content (AvgIpc) is 2.38. The summed E-state index contributed by atoms with van der Waals surface area (Å²) in [6.45, 7) is 3.49. The summed E-state index contributed by atoms with van der Waals surface area (Å²) in [5.74, 6) is -0.340. The van der Waals surface area contributed by atoms with E-state index in [4.69, 9.17) is 10.5 Å². The molecule has 0 fully saturated rings. The number of carbonyl (C=O) groups excluding carboxylic acids is 1. The van der Waals surface area contributed by atoms with Gasteiger partial charge in [-0.3, -0.25) is 9.78 Å². The van der Waals surface area contributed by atoms with Crippen molar-refractivity contribution in [2.24, 2.45) is 5.73 Å². The van der Waals surface area contributed by atoms with Crippen LogP contribution >= 0.6 is 0 Å². The van der Waals surface area contributed by atoms with Crippen molar-refractivity contribution in [2.45, 2.75) is 19.4 Å². The van der Waals surface area contributed by atoms with Crippen LogP contribution < -0.4 is 5.73 Å². The largest absolute Gasteiger partial charge is 0.465 e. The van der Waals surface area contributed by atoms with Crippen LogP contribution in [0.5, 0.6) is 0 Å². The van der Waals surface area contributed by atoms with Crippen molar-refractivity contribution < 1.29 is 9.53 Å². The molecule has 1 aromatic heterocycles. The van der Waals surface area contributed by atoms with Crippen LogP contribution in [0, 0.1) is 0 Å². The van der Waals surface area contributed by atoms with Crippen molar-refractivity contribution in [3.8, 4) is 0 Å². The van der Waals surface area contributed by atoms with Crippen molar-refractivity contribution in [2.75, 3.05) is 26.7 Å². The van der Waals surface area contributed by atoms with Gasteiger partial charge < -0.3 is 15.4 Å². The van der Waals surface area contributed by atoms with E-state index in [-0.39, 0.29) is 5.97 Å². The predicted octanol–water partition coefficient (Wildman–Crippen LogP) is 0.446. The number of hydrogen-bond donors (Lipinski definition) is 1. The van der Waals surface area contributed by atoms with Gasteiger partial charge in [0, 0.05) is 25.5 Å². The van der Waals surface area contributed by atoms with Crippen LogP contribution in [0.25, 0.3) is 0 Å². The van der Waals surface area contributed by atoms with Gasteiger partial charge in [0.2, 0.25) is 0 Å². The second kappa shape index (κ2) is 7.79. The second-order valence-corrected chi connectivity index (χ2v) is 4.23. The quantitative estimate of drug-likeness (QED) is 0.712. The number of hydrogen-bond acceptors (Lipinski definition) is 5. The van der Waals surface area contributed by atoms with E-state index in [1.165, 1.54) is 5.56 Å². The first-order valence-corrected chi connectivity index (χ1v) is 6.13. The van der Waals surface area contributed by atoms with Crippen LogP contribution in [0.1, 0.15) is 12.5 Å². The third-order valence-corrected chi connectivity index (χ3v) is 2.63. The van der Waals surface area contributed by atoms with Crippen LogP contribution in [0.15, 0.2) is 24.5 Å². The lowest BCUT2D eigenvalue weighted by Crippen LogP contribution is -2.42. The molecule has 0 spiro atoms. The zero-order valence-corrected chi connectivity index (χ0v) is 11.0. The molecule has 2 N–H and O–H groups in total. The van der Waals surface area contributed by atoms with E-state index in [2.05, 4.69) is 4.98 Å². The fraction of sp³-hybridized carbons (Fsp3) is 0.538. The van der Waals surface area contributed by atoms with Crippen LogP contribution in [0.4, 0.5) is 0 Å².